The van der Waals surface area contributed by atoms with Gasteiger partial charge in [0.25, 0.3) is 0 Å². The molecule has 0 saturated carbocycles. The first-order valence-electron chi connectivity index (χ1n) is 7.14. The van der Waals surface area contributed by atoms with Crippen molar-refractivity contribution in [2.45, 2.75) is 23.2 Å². The van der Waals surface area contributed by atoms with Gasteiger partial charge in [-0.05, 0) is 0 Å². The van der Waals surface area contributed by atoms with Crippen molar-refractivity contribution < 1.29 is 68.1 Å². The highest BCUT2D eigenvalue weighted by atomic mass is 32.3. The molecule has 0 radical (unpaired) electrons. The third-order valence-corrected chi connectivity index (χ3v) is 6.26. The lowest BCUT2D eigenvalue weighted by Crippen LogP contribution is -2.50. The van der Waals surface area contributed by atoms with Gasteiger partial charge in [-0.25, -0.2) is 16.8 Å². The number of hydrogen-bond donors (Lipinski definition) is 4. The van der Waals surface area contributed by atoms with Crippen molar-refractivity contribution in [3.05, 3.63) is 4.13 Å². The molecule has 1 aliphatic rings. The number of likely N-dealkylation sites (tertiary alicyclic amines) is 1. The lowest BCUT2D eigenvalue weighted by molar-refractivity contribution is -0.919. The second-order valence-electron chi connectivity index (χ2n) is 5.65. The molecule has 0 spiro atoms. The number of quaternary nitrogens is 1. The van der Waals surface area contributed by atoms with Crippen molar-refractivity contribution in [1.29, 1.82) is 0 Å². The van der Waals surface area contributed by atoms with Crippen LogP contribution in [0.5, 0.6) is 0 Å². The predicted octanol–water partition coefficient (Wildman–Crippen LogP) is -1.42. The summed E-state index contributed by atoms with van der Waals surface area (Å²) < 4.78 is 110. The van der Waals surface area contributed by atoms with E-state index in [-0.39, 0.29) is 13.2 Å². The number of aliphatic hydroxyl groups excluding tert-OH is 4. The first-order valence-corrected chi connectivity index (χ1v) is 10.0. The number of alkyl halides is 6. The molecule has 2 atom stereocenters. The monoisotopic (exact) mass is 472 g/mol. The van der Waals surface area contributed by atoms with E-state index in [9.17, 15) is 53.4 Å². The highest BCUT2D eigenvalue weighted by molar-refractivity contribution is 8.13. The standard InChI is InChI=1S/C8H18NO4.C2F6NO4S2/c10-3-1-9(2-4-11)5-7(12)8(13)6-9;3-1(4,5)14(10,11)9-15(12,13)2(6,7)8/h7-8,10-13H,1-6H2;/q+1;-1. The Kier molecular flexibility index (Phi) is 9.11. The molecule has 10 nitrogen and oxygen atoms in total. The van der Waals surface area contributed by atoms with Crippen LogP contribution in [0.25, 0.3) is 4.13 Å². The van der Waals surface area contributed by atoms with Crippen LogP contribution in [0, 0.1) is 0 Å². The number of sulfonamides is 2. The molecule has 0 aromatic heterocycles. The zero-order valence-corrected chi connectivity index (χ0v) is 15.4. The summed E-state index contributed by atoms with van der Waals surface area (Å²) in [6, 6.07) is 0. The predicted molar refractivity (Wildman–Crippen MR) is 79.2 cm³/mol. The fourth-order valence-corrected chi connectivity index (χ4v) is 3.94. The van der Waals surface area contributed by atoms with Crippen LogP contribution in [0.1, 0.15) is 0 Å². The molecule has 4 N–H and O–H groups in total. The molecule has 0 aromatic rings. The molecule has 1 fully saturated rings. The molecule has 18 heteroatoms. The van der Waals surface area contributed by atoms with E-state index in [0.29, 0.717) is 30.7 Å². The third-order valence-electron chi connectivity index (χ3n) is 3.52. The Hall–Kier alpha value is -0.760. The fourth-order valence-electron chi connectivity index (χ4n) is 2.23. The molecule has 170 valence electrons. The Labute approximate surface area is 155 Å². The smallest absolute Gasteiger partial charge is 0.421 e. The molecule has 1 heterocycles. The molecule has 2 unspecified atom stereocenters. The van der Waals surface area contributed by atoms with E-state index < -0.39 is 43.3 Å². The van der Waals surface area contributed by atoms with Crippen LogP contribution in [0.2, 0.25) is 0 Å². The van der Waals surface area contributed by atoms with Gasteiger partial charge in [-0.3, -0.25) is 0 Å². The Bertz CT molecular complexity index is 648. The first kappa shape index (κ1) is 27.2. The number of aliphatic hydroxyl groups is 4. The molecule has 0 aliphatic carbocycles. The SMILES string of the molecule is O=S(=O)([N-]S(=O)(=O)C(F)(F)F)C(F)(F)F.OCC[N+]1(CCO)CC(O)C(O)C1. The minimum atomic E-state index is -6.72. The van der Waals surface area contributed by atoms with Crippen molar-refractivity contribution in [2.75, 3.05) is 39.4 Å². The summed E-state index contributed by atoms with van der Waals surface area (Å²) in [6.45, 7) is 1.83. The van der Waals surface area contributed by atoms with E-state index in [2.05, 4.69) is 0 Å². The van der Waals surface area contributed by atoms with E-state index in [1.165, 1.54) is 0 Å². The fraction of sp³-hybridized carbons (Fsp3) is 1.00. The van der Waals surface area contributed by atoms with Crippen molar-refractivity contribution in [2.24, 2.45) is 0 Å². The van der Waals surface area contributed by atoms with Gasteiger partial charge in [0.15, 0.2) is 20.0 Å². The quantitative estimate of drug-likeness (QED) is 0.270. The van der Waals surface area contributed by atoms with Crippen LogP contribution in [0.3, 0.4) is 0 Å². The zero-order valence-electron chi connectivity index (χ0n) is 13.8. The van der Waals surface area contributed by atoms with Gasteiger partial charge in [0, 0.05) is 0 Å². The van der Waals surface area contributed by atoms with E-state index in [1.54, 1.807) is 0 Å². The first-order chi connectivity index (χ1) is 12.3. The minimum absolute atomic E-state index is 0.0133. The minimum Gasteiger partial charge on any atom is -0.421 e. The van der Waals surface area contributed by atoms with Gasteiger partial charge in [-0.15, -0.1) is 0 Å². The Morgan fingerprint density at radius 2 is 1.07 bits per heavy atom. The zero-order chi connectivity index (χ0) is 22.6. The summed E-state index contributed by atoms with van der Waals surface area (Å²) in [5, 5.41) is 36.4. The van der Waals surface area contributed by atoms with Crippen LogP contribution in [-0.4, -0.2) is 104 Å². The van der Waals surface area contributed by atoms with Gasteiger partial charge in [0.1, 0.15) is 38.4 Å². The highest BCUT2D eigenvalue weighted by Crippen LogP contribution is 2.36. The van der Waals surface area contributed by atoms with Crippen LogP contribution in [-0.2, 0) is 20.0 Å². The van der Waals surface area contributed by atoms with Crippen molar-refractivity contribution in [3.63, 3.8) is 0 Å². The van der Waals surface area contributed by atoms with Crippen LogP contribution < -0.4 is 0 Å². The highest BCUT2D eigenvalue weighted by Gasteiger charge is 2.47. The number of halogens is 6. The van der Waals surface area contributed by atoms with Crippen LogP contribution in [0.4, 0.5) is 26.3 Å². The number of rotatable bonds is 6. The largest absolute Gasteiger partial charge is 0.480 e. The number of nitrogens with zero attached hydrogens (tertiary/aromatic N) is 2. The van der Waals surface area contributed by atoms with Gasteiger partial charge in [-0.1, -0.05) is 0 Å². The lowest BCUT2D eigenvalue weighted by atomic mass is 10.3. The van der Waals surface area contributed by atoms with Gasteiger partial charge >= 0.3 is 11.0 Å². The molecule has 1 saturated heterocycles. The maximum absolute atomic E-state index is 11.4. The number of hydrogen-bond acceptors (Lipinski definition) is 8. The van der Waals surface area contributed by atoms with Gasteiger partial charge in [0.05, 0.1) is 13.2 Å². The summed E-state index contributed by atoms with van der Waals surface area (Å²) >= 11 is 0. The molecule has 0 amide bonds. The normalized spacial score (nSPS) is 23.2. The molecule has 28 heavy (non-hydrogen) atoms. The molecular weight excluding hydrogens is 454 g/mol. The average Bonchev–Trinajstić information content (AvgIpc) is 2.71. The summed E-state index contributed by atoms with van der Waals surface area (Å²) in [5.74, 6) is 0. The molecule has 1 rings (SSSR count). The van der Waals surface area contributed by atoms with E-state index in [0.717, 1.165) is 4.13 Å². The maximum Gasteiger partial charge on any atom is 0.480 e. The van der Waals surface area contributed by atoms with Gasteiger partial charge < -0.3 is 29.0 Å². The van der Waals surface area contributed by atoms with E-state index >= 15 is 0 Å². The molecular formula is C10H18F6N2O8S2. The lowest BCUT2D eigenvalue weighted by Gasteiger charge is -2.32. The Morgan fingerprint density at radius 3 is 1.29 bits per heavy atom. The second kappa shape index (κ2) is 9.37. The average molecular weight is 472 g/mol. The van der Waals surface area contributed by atoms with Crippen molar-refractivity contribution in [3.8, 4) is 0 Å². The van der Waals surface area contributed by atoms with Crippen molar-refractivity contribution >= 4 is 20.0 Å². The van der Waals surface area contributed by atoms with Gasteiger partial charge in [0.2, 0.25) is 0 Å². The maximum atomic E-state index is 11.4. The molecule has 1 aliphatic heterocycles. The summed E-state index contributed by atoms with van der Waals surface area (Å²) in [6.07, 6.45) is -1.45. The molecule has 0 aromatic carbocycles. The third kappa shape index (κ3) is 7.25. The van der Waals surface area contributed by atoms with Crippen molar-refractivity contribution in [1.82, 2.24) is 0 Å². The summed E-state index contributed by atoms with van der Waals surface area (Å²) in [5.41, 5.74) is -12.4. The van der Waals surface area contributed by atoms with E-state index in [4.69, 9.17) is 10.2 Å². The van der Waals surface area contributed by atoms with Crippen LogP contribution >= 0.6 is 0 Å². The topological polar surface area (TPSA) is 163 Å². The van der Waals surface area contributed by atoms with Gasteiger partial charge in [-0.2, -0.15) is 26.3 Å². The summed E-state index contributed by atoms with van der Waals surface area (Å²) in [4.78, 5) is 0. The second-order valence-corrected chi connectivity index (χ2v) is 9.07. The Morgan fingerprint density at radius 1 is 0.786 bits per heavy atom. The summed E-state index contributed by atoms with van der Waals surface area (Å²) in [7, 11) is -13.4. The van der Waals surface area contributed by atoms with E-state index in [1.807, 2.05) is 0 Å². The van der Waals surface area contributed by atoms with Crippen LogP contribution in [0.15, 0.2) is 0 Å². The Balaban J connectivity index is 0.000000525. The molecule has 0 bridgehead atoms.